The quantitative estimate of drug-likeness (QED) is 0.739. The fraction of sp³-hybridized carbons (Fsp3) is 0.833. The Labute approximate surface area is 107 Å². The molecule has 1 aliphatic rings. The van der Waals surface area contributed by atoms with Crippen LogP contribution in [0.4, 0.5) is 4.79 Å². The molecule has 0 spiro atoms. The number of amides is 1. The summed E-state index contributed by atoms with van der Waals surface area (Å²) in [4.78, 5) is 24.6. The molecular weight excluding hydrogens is 236 g/mol. The van der Waals surface area contributed by atoms with Crippen LogP contribution in [0.15, 0.2) is 0 Å². The fourth-order valence-corrected chi connectivity index (χ4v) is 1.89. The molecule has 1 heterocycles. The van der Waals surface area contributed by atoms with Gasteiger partial charge in [-0.05, 0) is 20.8 Å². The van der Waals surface area contributed by atoms with Crippen molar-refractivity contribution in [3.8, 4) is 0 Å². The van der Waals surface area contributed by atoms with E-state index in [-0.39, 0.29) is 30.4 Å². The highest BCUT2D eigenvalue weighted by molar-refractivity contribution is 5.71. The Morgan fingerprint density at radius 2 is 1.94 bits per heavy atom. The highest BCUT2D eigenvalue weighted by Gasteiger charge is 2.36. The molecule has 2 N–H and O–H groups in total. The number of nitrogens with two attached hydrogens (primary N) is 1. The first-order valence-corrected chi connectivity index (χ1v) is 6.03. The third kappa shape index (κ3) is 4.18. The van der Waals surface area contributed by atoms with Gasteiger partial charge in [0.15, 0.2) is 0 Å². The second kappa shape index (κ2) is 5.56. The van der Waals surface area contributed by atoms with Crippen LogP contribution in [0.5, 0.6) is 0 Å². The van der Waals surface area contributed by atoms with E-state index in [9.17, 15) is 9.59 Å². The molecule has 6 nitrogen and oxygen atoms in total. The molecule has 0 aliphatic carbocycles. The highest BCUT2D eigenvalue weighted by atomic mass is 16.6. The molecule has 1 saturated heterocycles. The van der Waals surface area contributed by atoms with Gasteiger partial charge in [-0.25, -0.2) is 4.79 Å². The van der Waals surface area contributed by atoms with Crippen LogP contribution in [0.1, 0.15) is 27.2 Å². The second-order valence-electron chi connectivity index (χ2n) is 5.59. The molecule has 1 aliphatic heterocycles. The van der Waals surface area contributed by atoms with E-state index in [0.29, 0.717) is 13.1 Å². The molecule has 1 rings (SSSR count). The maximum atomic E-state index is 11.8. The maximum absolute atomic E-state index is 11.8. The maximum Gasteiger partial charge on any atom is 0.410 e. The van der Waals surface area contributed by atoms with Crippen molar-refractivity contribution in [2.75, 3.05) is 20.2 Å². The average molecular weight is 258 g/mol. The number of hydrogen-bond acceptors (Lipinski definition) is 5. The molecule has 2 atom stereocenters. The van der Waals surface area contributed by atoms with E-state index in [1.165, 1.54) is 7.11 Å². The Bertz CT molecular complexity index is 325. The summed E-state index contributed by atoms with van der Waals surface area (Å²) in [7, 11) is 1.34. The molecule has 0 aromatic heterocycles. The van der Waals surface area contributed by atoms with Gasteiger partial charge in [-0.3, -0.25) is 4.79 Å². The van der Waals surface area contributed by atoms with Gasteiger partial charge in [0.25, 0.3) is 0 Å². The number of hydrogen-bond donors (Lipinski definition) is 1. The van der Waals surface area contributed by atoms with Crippen molar-refractivity contribution in [3.05, 3.63) is 0 Å². The summed E-state index contributed by atoms with van der Waals surface area (Å²) < 4.78 is 9.87. The van der Waals surface area contributed by atoms with Crippen molar-refractivity contribution >= 4 is 12.1 Å². The number of likely N-dealkylation sites (tertiary alicyclic amines) is 1. The Morgan fingerprint density at radius 1 is 1.33 bits per heavy atom. The first kappa shape index (κ1) is 14.8. The number of ether oxygens (including phenoxy) is 2. The van der Waals surface area contributed by atoms with Gasteiger partial charge in [-0.1, -0.05) is 0 Å². The van der Waals surface area contributed by atoms with Crippen molar-refractivity contribution in [2.45, 2.75) is 38.8 Å². The largest absolute Gasteiger partial charge is 0.469 e. The zero-order valence-corrected chi connectivity index (χ0v) is 11.4. The summed E-state index contributed by atoms with van der Waals surface area (Å²) in [6, 6.07) is -0.211. The monoisotopic (exact) mass is 258 g/mol. The van der Waals surface area contributed by atoms with E-state index < -0.39 is 5.60 Å². The van der Waals surface area contributed by atoms with Crippen LogP contribution < -0.4 is 5.73 Å². The fourth-order valence-electron chi connectivity index (χ4n) is 1.89. The number of carbonyl (C=O) groups is 2. The number of esters is 1. The second-order valence-corrected chi connectivity index (χ2v) is 5.59. The number of rotatable bonds is 2. The smallest absolute Gasteiger partial charge is 0.410 e. The summed E-state index contributed by atoms with van der Waals surface area (Å²) >= 11 is 0. The minimum Gasteiger partial charge on any atom is -0.469 e. The molecule has 0 aromatic carbocycles. The van der Waals surface area contributed by atoms with E-state index >= 15 is 0 Å². The molecule has 1 amide bonds. The average Bonchev–Trinajstić information content (AvgIpc) is 2.58. The molecule has 0 aromatic rings. The van der Waals surface area contributed by atoms with Gasteiger partial charge in [0.05, 0.1) is 13.5 Å². The normalized spacial score (nSPS) is 23.9. The van der Waals surface area contributed by atoms with Crippen LogP contribution in [0.2, 0.25) is 0 Å². The summed E-state index contributed by atoms with van der Waals surface area (Å²) in [5, 5.41) is 0. The molecule has 2 unspecified atom stereocenters. The van der Waals surface area contributed by atoms with E-state index in [1.54, 1.807) is 4.90 Å². The van der Waals surface area contributed by atoms with Gasteiger partial charge >= 0.3 is 12.1 Å². The van der Waals surface area contributed by atoms with Crippen LogP contribution in [0.25, 0.3) is 0 Å². The first-order valence-electron chi connectivity index (χ1n) is 6.03. The zero-order valence-electron chi connectivity index (χ0n) is 11.4. The first-order chi connectivity index (χ1) is 8.23. The van der Waals surface area contributed by atoms with Gasteiger partial charge in [0.1, 0.15) is 5.60 Å². The predicted molar refractivity (Wildman–Crippen MR) is 65.9 cm³/mol. The van der Waals surface area contributed by atoms with Crippen LogP contribution >= 0.6 is 0 Å². The van der Waals surface area contributed by atoms with Crippen molar-refractivity contribution < 1.29 is 19.1 Å². The standard InChI is InChI=1S/C12H22N2O4/c1-12(2,3)18-11(16)14-6-8(9(13)7-14)5-10(15)17-4/h8-9H,5-7,13H2,1-4H3. The van der Waals surface area contributed by atoms with Gasteiger partial charge in [0.2, 0.25) is 0 Å². The van der Waals surface area contributed by atoms with Crippen molar-refractivity contribution in [1.82, 2.24) is 4.90 Å². The van der Waals surface area contributed by atoms with E-state index in [2.05, 4.69) is 4.74 Å². The molecule has 18 heavy (non-hydrogen) atoms. The minimum atomic E-state index is -0.526. The van der Waals surface area contributed by atoms with Crippen LogP contribution in [0.3, 0.4) is 0 Å². The summed E-state index contributed by atoms with van der Waals surface area (Å²) in [5.41, 5.74) is 5.39. The molecule has 6 heteroatoms. The molecule has 0 bridgehead atoms. The van der Waals surface area contributed by atoms with Crippen molar-refractivity contribution in [3.63, 3.8) is 0 Å². The third-order valence-electron chi connectivity index (χ3n) is 2.80. The number of methoxy groups -OCH3 is 1. The number of carbonyl (C=O) groups excluding carboxylic acids is 2. The van der Waals surface area contributed by atoms with Crippen molar-refractivity contribution in [2.24, 2.45) is 11.7 Å². The van der Waals surface area contributed by atoms with E-state index in [1.807, 2.05) is 20.8 Å². The number of nitrogens with zero attached hydrogens (tertiary/aromatic N) is 1. The third-order valence-corrected chi connectivity index (χ3v) is 2.80. The van der Waals surface area contributed by atoms with Gasteiger partial charge in [-0.15, -0.1) is 0 Å². The van der Waals surface area contributed by atoms with E-state index in [0.717, 1.165) is 0 Å². The Hall–Kier alpha value is -1.30. The molecular formula is C12H22N2O4. The molecule has 1 fully saturated rings. The topological polar surface area (TPSA) is 81.9 Å². The highest BCUT2D eigenvalue weighted by Crippen LogP contribution is 2.21. The molecule has 0 radical (unpaired) electrons. The van der Waals surface area contributed by atoms with Crippen molar-refractivity contribution in [1.29, 1.82) is 0 Å². The zero-order chi connectivity index (χ0) is 13.9. The predicted octanol–water partition coefficient (Wildman–Crippen LogP) is 0.744. The van der Waals surface area contributed by atoms with Crippen LogP contribution in [-0.4, -0.2) is 48.8 Å². The molecule has 0 saturated carbocycles. The van der Waals surface area contributed by atoms with Gasteiger partial charge < -0.3 is 20.1 Å². The summed E-state index contributed by atoms with van der Waals surface area (Å²) in [6.45, 7) is 6.29. The lowest BCUT2D eigenvalue weighted by Crippen LogP contribution is -2.36. The lowest BCUT2D eigenvalue weighted by Gasteiger charge is -2.24. The molecule has 104 valence electrons. The Morgan fingerprint density at radius 3 is 2.44 bits per heavy atom. The van der Waals surface area contributed by atoms with Crippen LogP contribution in [0, 0.1) is 5.92 Å². The van der Waals surface area contributed by atoms with Crippen LogP contribution in [-0.2, 0) is 14.3 Å². The van der Waals surface area contributed by atoms with Gasteiger partial charge in [-0.2, -0.15) is 0 Å². The van der Waals surface area contributed by atoms with Gasteiger partial charge in [0, 0.05) is 25.0 Å². The summed E-state index contributed by atoms with van der Waals surface area (Å²) in [6.07, 6.45) is -0.151. The Kier molecular flexibility index (Phi) is 4.56. The summed E-state index contributed by atoms with van der Waals surface area (Å²) in [5.74, 6) is -0.369. The van der Waals surface area contributed by atoms with E-state index in [4.69, 9.17) is 10.5 Å². The lowest BCUT2D eigenvalue weighted by atomic mass is 10.0. The lowest BCUT2D eigenvalue weighted by molar-refractivity contribution is -0.141. The SMILES string of the molecule is COC(=O)CC1CN(C(=O)OC(C)(C)C)CC1N. The minimum absolute atomic E-state index is 0.0648. The Balaban J connectivity index is 2.53.